The van der Waals surface area contributed by atoms with Crippen LogP contribution in [0, 0.1) is 0 Å². The highest BCUT2D eigenvalue weighted by molar-refractivity contribution is 6.53. The summed E-state index contributed by atoms with van der Waals surface area (Å²) in [6.07, 6.45) is 2.51. The molecule has 1 aliphatic heterocycles. The van der Waals surface area contributed by atoms with Crippen LogP contribution >= 0.6 is 11.6 Å². The maximum absolute atomic E-state index is 12.4. The number of methoxy groups -OCH3 is 1. The molecule has 7 nitrogen and oxygen atoms in total. The minimum absolute atomic E-state index is 0.236. The molecular formula is C21H18ClN3O4. The molecule has 0 bridgehead atoms. The monoisotopic (exact) mass is 411 g/mol. The second-order valence-electron chi connectivity index (χ2n) is 6.71. The van der Waals surface area contributed by atoms with E-state index in [2.05, 4.69) is 10.3 Å². The van der Waals surface area contributed by atoms with Crippen LogP contribution in [-0.4, -0.2) is 42.8 Å². The summed E-state index contributed by atoms with van der Waals surface area (Å²) in [5.41, 5.74) is 2.66. The summed E-state index contributed by atoms with van der Waals surface area (Å²) in [6.45, 7) is 0.154. The predicted molar refractivity (Wildman–Crippen MR) is 110 cm³/mol. The number of amides is 2. The first-order chi connectivity index (χ1) is 14.0. The number of carbonyl (C=O) groups is 3. The Hall–Kier alpha value is -3.32. The summed E-state index contributed by atoms with van der Waals surface area (Å²) in [7, 11) is 1.61. The second kappa shape index (κ2) is 7.60. The SMILES string of the molecule is COc1ccc2[nH]cc(CCNC(=O)CN3C(=O)C(=O)c4ccc(Cl)cc43)c2c1. The molecule has 0 saturated carbocycles. The number of carbonyl (C=O) groups excluding carboxylic acids is 3. The topological polar surface area (TPSA) is 91.5 Å². The average Bonchev–Trinajstić information content (AvgIpc) is 3.22. The number of ketones is 1. The minimum Gasteiger partial charge on any atom is -0.497 e. The molecule has 0 radical (unpaired) electrons. The first-order valence-corrected chi connectivity index (χ1v) is 9.42. The van der Waals surface area contributed by atoms with Crippen molar-refractivity contribution < 1.29 is 19.1 Å². The molecule has 1 aromatic heterocycles. The van der Waals surface area contributed by atoms with Gasteiger partial charge in [0.2, 0.25) is 5.91 Å². The molecule has 3 aromatic rings. The highest BCUT2D eigenvalue weighted by Gasteiger charge is 2.36. The van der Waals surface area contributed by atoms with Crippen molar-refractivity contribution in [2.24, 2.45) is 0 Å². The van der Waals surface area contributed by atoms with Gasteiger partial charge in [0.1, 0.15) is 12.3 Å². The van der Waals surface area contributed by atoms with Crippen molar-refractivity contribution >= 4 is 45.8 Å². The first-order valence-electron chi connectivity index (χ1n) is 9.04. The van der Waals surface area contributed by atoms with Crippen LogP contribution in [0.25, 0.3) is 10.9 Å². The van der Waals surface area contributed by atoms with Crippen molar-refractivity contribution in [3.8, 4) is 5.75 Å². The van der Waals surface area contributed by atoms with Gasteiger partial charge in [-0.15, -0.1) is 0 Å². The Morgan fingerprint density at radius 2 is 2.03 bits per heavy atom. The van der Waals surface area contributed by atoms with Gasteiger partial charge in [0.15, 0.2) is 0 Å². The number of H-pyrrole nitrogens is 1. The molecule has 2 aromatic carbocycles. The van der Waals surface area contributed by atoms with Crippen LogP contribution in [0.4, 0.5) is 5.69 Å². The van der Waals surface area contributed by atoms with Gasteiger partial charge in [-0.3, -0.25) is 19.3 Å². The number of hydrogen-bond donors (Lipinski definition) is 2. The Labute approximate surface area is 171 Å². The maximum atomic E-state index is 12.4. The molecule has 2 N–H and O–H groups in total. The van der Waals surface area contributed by atoms with Crippen LogP contribution < -0.4 is 15.0 Å². The normalized spacial score (nSPS) is 13.1. The minimum atomic E-state index is -0.721. The lowest BCUT2D eigenvalue weighted by atomic mass is 10.1. The van der Waals surface area contributed by atoms with Gasteiger partial charge in [-0.25, -0.2) is 0 Å². The van der Waals surface area contributed by atoms with E-state index in [0.29, 0.717) is 23.7 Å². The molecule has 0 saturated heterocycles. The number of Topliss-reactive ketones (excluding diaryl/α,β-unsaturated/α-hetero) is 1. The average molecular weight is 412 g/mol. The molecule has 4 rings (SSSR count). The number of anilines is 1. The molecule has 0 atom stereocenters. The molecule has 0 unspecified atom stereocenters. The number of ether oxygens (including phenoxy) is 1. The van der Waals surface area contributed by atoms with Crippen molar-refractivity contribution in [1.82, 2.24) is 10.3 Å². The number of fused-ring (bicyclic) bond motifs is 2. The van der Waals surface area contributed by atoms with Crippen LogP contribution in [-0.2, 0) is 16.0 Å². The van der Waals surface area contributed by atoms with Gasteiger partial charge >= 0.3 is 0 Å². The van der Waals surface area contributed by atoms with Gasteiger partial charge in [0, 0.05) is 28.7 Å². The van der Waals surface area contributed by atoms with E-state index >= 15 is 0 Å². The summed E-state index contributed by atoms with van der Waals surface area (Å²) in [4.78, 5) is 41.0. The van der Waals surface area contributed by atoms with Gasteiger partial charge in [-0.2, -0.15) is 0 Å². The zero-order chi connectivity index (χ0) is 20.5. The van der Waals surface area contributed by atoms with E-state index in [1.165, 1.54) is 12.1 Å². The maximum Gasteiger partial charge on any atom is 0.299 e. The Morgan fingerprint density at radius 1 is 1.21 bits per heavy atom. The van der Waals surface area contributed by atoms with Crippen LogP contribution in [0.5, 0.6) is 5.75 Å². The number of hydrogen-bond acceptors (Lipinski definition) is 4. The van der Waals surface area contributed by atoms with Gasteiger partial charge in [0.05, 0.1) is 18.4 Å². The van der Waals surface area contributed by atoms with E-state index in [1.54, 1.807) is 13.2 Å². The molecular weight excluding hydrogens is 394 g/mol. The quantitative estimate of drug-likeness (QED) is 0.610. The number of benzene rings is 2. The molecule has 29 heavy (non-hydrogen) atoms. The Morgan fingerprint density at radius 3 is 2.83 bits per heavy atom. The molecule has 8 heteroatoms. The van der Waals surface area contributed by atoms with E-state index < -0.39 is 11.7 Å². The highest BCUT2D eigenvalue weighted by atomic mass is 35.5. The zero-order valence-corrected chi connectivity index (χ0v) is 16.4. The third kappa shape index (κ3) is 3.56. The lowest BCUT2D eigenvalue weighted by molar-refractivity contribution is -0.122. The molecule has 2 amide bonds. The van der Waals surface area contributed by atoms with E-state index in [0.717, 1.165) is 27.1 Å². The summed E-state index contributed by atoms with van der Waals surface area (Å²) in [6, 6.07) is 10.3. The first kappa shape index (κ1) is 19.0. The fourth-order valence-corrected chi connectivity index (χ4v) is 3.62. The molecule has 0 aliphatic carbocycles. The molecule has 148 valence electrons. The molecule has 0 fully saturated rings. The smallest absolute Gasteiger partial charge is 0.299 e. The van der Waals surface area contributed by atoms with E-state index in [-0.39, 0.29) is 18.0 Å². The van der Waals surface area contributed by atoms with Crippen molar-refractivity contribution in [3.63, 3.8) is 0 Å². The number of rotatable bonds is 6. The van der Waals surface area contributed by atoms with E-state index in [4.69, 9.17) is 16.3 Å². The summed E-state index contributed by atoms with van der Waals surface area (Å²) >= 11 is 5.97. The number of nitrogens with one attached hydrogen (secondary N) is 2. The van der Waals surface area contributed by atoms with Crippen LogP contribution in [0.3, 0.4) is 0 Å². The van der Waals surface area contributed by atoms with E-state index in [9.17, 15) is 14.4 Å². The number of aromatic amines is 1. The summed E-state index contributed by atoms with van der Waals surface area (Å²) in [5.74, 6) is -0.938. The van der Waals surface area contributed by atoms with Gasteiger partial charge < -0.3 is 15.0 Å². The Kier molecular flexibility index (Phi) is 4.98. The highest BCUT2D eigenvalue weighted by Crippen LogP contribution is 2.31. The van der Waals surface area contributed by atoms with Gasteiger partial charge in [-0.05, 0) is 48.4 Å². The van der Waals surface area contributed by atoms with E-state index in [1.807, 2.05) is 24.4 Å². The number of halogens is 1. The van der Waals surface area contributed by atoms with Crippen LogP contribution in [0.15, 0.2) is 42.6 Å². The number of nitrogens with zero attached hydrogens (tertiary/aromatic N) is 1. The fourth-order valence-electron chi connectivity index (χ4n) is 3.45. The van der Waals surface area contributed by atoms with Crippen LogP contribution in [0.2, 0.25) is 5.02 Å². The van der Waals surface area contributed by atoms with Crippen molar-refractivity contribution in [3.05, 3.63) is 58.7 Å². The third-order valence-electron chi connectivity index (χ3n) is 4.93. The van der Waals surface area contributed by atoms with Crippen molar-refractivity contribution in [2.75, 3.05) is 25.1 Å². The standard InChI is InChI=1S/C21H18ClN3O4/c1-29-14-3-5-17-16(9-14)12(10-24-17)6-7-23-19(26)11-25-18-8-13(22)2-4-15(18)20(27)21(25)28/h2-5,8-10,24H,6-7,11H2,1H3,(H,23,26). The van der Waals surface area contributed by atoms with Gasteiger partial charge in [0.25, 0.3) is 11.7 Å². The van der Waals surface area contributed by atoms with Gasteiger partial charge in [-0.1, -0.05) is 11.6 Å². The molecule has 1 aliphatic rings. The Bertz CT molecular complexity index is 1140. The third-order valence-corrected chi connectivity index (χ3v) is 5.16. The fraction of sp³-hybridized carbons (Fsp3) is 0.190. The molecule has 2 heterocycles. The zero-order valence-electron chi connectivity index (χ0n) is 15.6. The summed E-state index contributed by atoms with van der Waals surface area (Å²) < 4.78 is 5.26. The van der Waals surface area contributed by atoms with Crippen molar-refractivity contribution in [1.29, 1.82) is 0 Å². The van der Waals surface area contributed by atoms with Crippen LogP contribution in [0.1, 0.15) is 15.9 Å². The number of aromatic nitrogens is 1. The predicted octanol–water partition coefficient (Wildman–Crippen LogP) is 2.72. The second-order valence-corrected chi connectivity index (χ2v) is 7.14. The lowest BCUT2D eigenvalue weighted by Crippen LogP contribution is -2.40. The molecule has 0 spiro atoms. The largest absolute Gasteiger partial charge is 0.497 e. The summed E-state index contributed by atoms with van der Waals surface area (Å²) in [5, 5.41) is 4.22. The van der Waals surface area contributed by atoms with Crippen molar-refractivity contribution in [2.45, 2.75) is 6.42 Å². The lowest BCUT2D eigenvalue weighted by Gasteiger charge is -2.16. The Balaban J connectivity index is 1.40.